The van der Waals surface area contributed by atoms with Crippen LogP contribution in [-0.4, -0.2) is 0 Å². The fourth-order valence-electron chi connectivity index (χ4n) is 0.958. The molecule has 2 rings (SSSR count). The normalized spacial score (nSPS) is 9.45. The van der Waals surface area contributed by atoms with E-state index in [2.05, 4.69) is 0 Å². The number of fused-ring (bicyclic) bond motifs is 1. The zero-order valence-corrected chi connectivity index (χ0v) is 7.52. The molecule has 0 atom stereocenters. The van der Waals surface area contributed by atoms with Crippen molar-refractivity contribution in [1.29, 1.82) is 0 Å². The van der Waals surface area contributed by atoms with Crippen LogP contribution in [0.15, 0.2) is 30.3 Å². The number of rotatable bonds is 0. The maximum absolute atomic E-state index is 10.8. The minimum atomic E-state index is 0. The SMILES string of the molecule is S.[O]c1cc2ccccc2s1. The zero-order valence-electron chi connectivity index (χ0n) is 5.70. The maximum atomic E-state index is 10.8. The van der Waals surface area contributed by atoms with Crippen molar-refractivity contribution in [3.63, 3.8) is 0 Å². The standard InChI is InChI=1S/C8H5OS.H2S/c9-8-5-6-3-1-2-4-7(6)10-8;/h1-5H;1H2. The Bertz CT molecular complexity index is 321. The van der Waals surface area contributed by atoms with Gasteiger partial charge in [-0.25, -0.2) is 0 Å². The molecule has 1 radical (unpaired) electrons. The predicted molar refractivity (Wildman–Crippen MR) is 52.3 cm³/mol. The van der Waals surface area contributed by atoms with Gasteiger partial charge < -0.3 is 0 Å². The summed E-state index contributed by atoms with van der Waals surface area (Å²) in [5.74, 6) is 0. The van der Waals surface area contributed by atoms with Crippen LogP contribution in [-0.2, 0) is 5.11 Å². The molecule has 0 unspecified atom stereocenters. The van der Waals surface area contributed by atoms with Gasteiger partial charge in [-0.1, -0.05) is 29.5 Å². The molecule has 1 nitrogen and oxygen atoms in total. The zero-order chi connectivity index (χ0) is 6.97. The number of hydrogen-bond donors (Lipinski definition) is 0. The average Bonchev–Trinajstić information content (AvgIpc) is 2.27. The van der Waals surface area contributed by atoms with Crippen LogP contribution >= 0.6 is 24.8 Å². The fourth-order valence-corrected chi connectivity index (χ4v) is 1.75. The monoisotopic (exact) mass is 183 g/mol. The third-order valence-corrected chi connectivity index (χ3v) is 2.31. The van der Waals surface area contributed by atoms with E-state index in [9.17, 15) is 5.11 Å². The summed E-state index contributed by atoms with van der Waals surface area (Å²) in [7, 11) is 0. The van der Waals surface area contributed by atoms with Gasteiger partial charge in [0.1, 0.15) is 0 Å². The van der Waals surface area contributed by atoms with Gasteiger partial charge in [0, 0.05) is 10.8 Å². The number of thiophene rings is 1. The first kappa shape index (κ1) is 8.43. The van der Waals surface area contributed by atoms with Crippen molar-refractivity contribution in [2.45, 2.75) is 0 Å². The molecule has 3 heteroatoms. The van der Waals surface area contributed by atoms with E-state index >= 15 is 0 Å². The van der Waals surface area contributed by atoms with E-state index < -0.39 is 0 Å². The minimum absolute atomic E-state index is 0. The first-order valence-electron chi connectivity index (χ1n) is 3.02. The molecular weight excluding hydrogens is 176 g/mol. The lowest BCUT2D eigenvalue weighted by atomic mass is 10.3. The van der Waals surface area contributed by atoms with Crippen LogP contribution in [0.2, 0.25) is 0 Å². The van der Waals surface area contributed by atoms with Gasteiger partial charge in [0.15, 0.2) is 0 Å². The summed E-state index contributed by atoms with van der Waals surface area (Å²) in [6, 6.07) is 9.46. The summed E-state index contributed by atoms with van der Waals surface area (Å²) >= 11 is 1.30. The Morgan fingerprint density at radius 1 is 1.18 bits per heavy atom. The van der Waals surface area contributed by atoms with E-state index in [4.69, 9.17) is 0 Å². The molecule has 57 valence electrons. The van der Waals surface area contributed by atoms with Crippen LogP contribution < -0.4 is 0 Å². The molecule has 0 aliphatic carbocycles. The Hall–Kier alpha value is -0.670. The number of benzene rings is 1. The van der Waals surface area contributed by atoms with Crippen LogP contribution in [0.5, 0.6) is 5.06 Å². The van der Waals surface area contributed by atoms with Crippen LogP contribution in [0.3, 0.4) is 0 Å². The quantitative estimate of drug-likeness (QED) is 0.598. The van der Waals surface area contributed by atoms with Crippen LogP contribution in [0.4, 0.5) is 0 Å². The Morgan fingerprint density at radius 2 is 1.91 bits per heavy atom. The Morgan fingerprint density at radius 3 is 2.64 bits per heavy atom. The van der Waals surface area contributed by atoms with E-state index in [1.54, 1.807) is 6.07 Å². The van der Waals surface area contributed by atoms with Gasteiger partial charge in [-0.15, -0.1) is 0 Å². The summed E-state index contributed by atoms with van der Waals surface area (Å²) in [6.07, 6.45) is 0. The highest BCUT2D eigenvalue weighted by Gasteiger charge is 1.97. The summed E-state index contributed by atoms with van der Waals surface area (Å²) in [5.41, 5.74) is 0. The minimum Gasteiger partial charge on any atom is -0.278 e. The van der Waals surface area contributed by atoms with Crippen molar-refractivity contribution < 1.29 is 5.11 Å². The Labute approximate surface area is 75.7 Å². The molecular formula is C8H7OS2. The average molecular weight is 183 g/mol. The van der Waals surface area contributed by atoms with Crippen molar-refractivity contribution >= 4 is 34.9 Å². The highest BCUT2D eigenvalue weighted by Crippen LogP contribution is 2.30. The summed E-state index contributed by atoms with van der Waals surface area (Å²) in [5, 5.41) is 12.0. The molecule has 11 heavy (non-hydrogen) atoms. The lowest BCUT2D eigenvalue weighted by Gasteiger charge is -1.81. The van der Waals surface area contributed by atoms with Crippen molar-refractivity contribution in [2.24, 2.45) is 0 Å². The van der Waals surface area contributed by atoms with Crippen molar-refractivity contribution in [1.82, 2.24) is 0 Å². The van der Waals surface area contributed by atoms with Gasteiger partial charge in [0.2, 0.25) is 5.06 Å². The molecule has 0 aliphatic rings. The molecule has 0 aliphatic heterocycles. The second-order valence-electron chi connectivity index (χ2n) is 2.10. The lowest BCUT2D eigenvalue weighted by Crippen LogP contribution is -1.56. The molecule has 1 aromatic heterocycles. The van der Waals surface area contributed by atoms with E-state index in [1.165, 1.54) is 11.3 Å². The van der Waals surface area contributed by atoms with Crippen molar-refractivity contribution in [3.05, 3.63) is 30.3 Å². The van der Waals surface area contributed by atoms with E-state index in [0.717, 1.165) is 10.1 Å². The molecule has 1 heterocycles. The van der Waals surface area contributed by atoms with Gasteiger partial charge in [-0.05, 0) is 11.5 Å². The second kappa shape index (κ2) is 3.15. The molecule has 0 N–H and O–H groups in total. The van der Waals surface area contributed by atoms with Crippen LogP contribution in [0.1, 0.15) is 0 Å². The largest absolute Gasteiger partial charge is 0.278 e. The summed E-state index contributed by atoms with van der Waals surface area (Å²) < 4.78 is 1.08. The van der Waals surface area contributed by atoms with Crippen molar-refractivity contribution in [3.8, 4) is 5.06 Å². The van der Waals surface area contributed by atoms with Gasteiger partial charge >= 0.3 is 0 Å². The van der Waals surface area contributed by atoms with Gasteiger partial charge in [-0.3, -0.25) is 5.11 Å². The second-order valence-corrected chi connectivity index (χ2v) is 3.15. The van der Waals surface area contributed by atoms with Gasteiger partial charge in [0.25, 0.3) is 0 Å². The molecule has 2 aromatic rings. The molecule has 0 amide bonds. The highest BCUT2D eigenvalue weighted by molar-refractivity contribution is 7.59. The molecule has 0 saturated heterocycles. The lowest BCUT2D eigenvalue weighted by molar-refractivity contribution is 0.368. The summed E-state index contributed by atoms with van der Waals surface area (Å²) in [4.78, 5) is 0. The fraction of sp³-hybridized carbons (Fsp3) is 0. The van der Waals surface area contributed by atoms with Crippen LogP contribution in [0.25, 0.3) is 10.1 Å². The van der Waals surface area contributed by atoms with E-state index in [0.29, 0.717) is 0 Å². The molecule has 0 spiro atoms. The predicted octanol–water partition coefficient (Wildman–Crippen LogP) is 3.16. The first-order chi connectivity index (χ1) is 4.86. The number of hydrogen-bond acceptors (Lipinski definition) is 1. The Balaban J connectivity index is 0.000000605. The molecule has 0 bridgehead atoms. The maximum Gasteiger partial charge on any atom is 0.233 e. The molecule has 0 saturated carbocycles. The van der Waals surface area contributed by atoms with Crippen LogP contribution in [0, 0.1) is 0 Å². The third kappa shape index (κ3) is 1.49. The van der Waals surface area contributed by atoms with E-state index in [1.807, 2.05) is 24.3 Å². The molecule has 1 aromatic carbocycles. The van der Waals surface area contributed by atoms with E-state index in [-0.39, 0.29) is 18.6 Å². The molecule has 0 fully saturated rings. The Kier molecular flexibility index (Phi) is 2.42. The smallest absolute Gasteiger partial charge is 0.233 e. The van der Waals surface area contributed by atoms with Crippen molar-refractivity contribution in [2.75, 3.05) is 0 Å². The third-order valence-electron chi connectivity index (χ3n) is 1.40. The first-order valence-corrected chi connectivity index (χ1v) is 3.83. The summed E-state index contributed by atoms with van der Waals surface area (Å²) in [6.45, 7) is 0. The van der Waals surface area contributed by atoms with Gasteiger partial charge in [-0.2, -0.15) is 13.5 Å². The topological polar surface area (TPSA) is 19.9 Å². The highest BCUT2D eigenvalue weighted by atomic mass is 32.1. The van der Waals surface area contributed by atoms with Gasteiger partial charge in [0.05, 0.1) is 0 Å².